The van der Waals surface area contributed by atoms with E-state index in [9.17, 15) is 4.79 Å². The Morgan fingerprint density at radius 2 is 2.31 bits per heavy atom. The molecular weight excluding hydrogens is 222 g/mol. The molecule has 4 heteroatoms. The Morgan fingerprint density at radius 3 is 3.12 bits per heavy atom. The van der Waals surface area contributed by atoms with Crippen LogP contribution < -0.4 is 0 Å². The SMILES string of the molecule is COC1=C[N+]2=C3C(=CC=CC3S1)C=CC2=O. The molecule has 3 aliphatic rings. The predicted octanol–water partition coefficient (Wildman–Crippen LogP) is 1.59. The van der Waals surface area contributed by atoms with Gasteiger partial charge in [-0.2, -0.15) is 0 Å². The van der Waals surface area contributed by atoms with Gasteiger partial charge in [-0.3, -0.25) is 0 Å². The van der Waals surface area contributed by atoms with Gasteiger partial charge in [-0.15, -0.1) is 4.58 Å². The molecule has 1 aliphatic carbocycles. The highest BCUT2D eigenvalue weighted by Gasteiger charge is 2.38. The number of thioether (sulfide) groups is 1. The maximum atomic E-state index is 11.8. The van der Waals surface area contributed by atoms with Gasteiger partial charge in [0.2, 0.25) is 17.0 Å². The number of carbonyl (C=O) groups excluding carboxylic acids is 1. The first-order valence-electron chi connectivity index (χ1n) is 4.99. The Balaban J connectivity index is 2.19. The zero-order valence-corrected chi connectivity index (χ0v) is 9.53. The van der Waals surface area contributed by atoms with Gasteiger partial charge < -0.3 is 4.74 Å². The molecule has 0 spiro atoms. The molecule has 0 saturated heterocycles. The summed E-state index contributed by atoms with van der Waals surface area (Å²) < 4.78 is 6.90. The summed E-state index contributed by atoms with van der Waals surface area (Å²) in [5.74, 6) is -0.0118. The van der Waals surface area contributed by atoms with E-state index in [1.165, 1.54) is 0 Å². The highest BCUT2D eigenvalue weighted by atomic mass is 32.2. The molecule has 0 aromatic carbocycles. The molecule has 16 heavy (non-hydrogen) atoms. The van der Waals surface area contributed by atoms with Crippen molar-refractivity contribution in [1.82, 2.24) is 0 Å². The van der Waals surface area contributed by atoms with Crippen LogP contribution in [0.4, 0.5) is 0 Å². The van der Waals surface area contributed by atoms with Crippen molar-refractivity contribution in [3.63, 3.8) is 0 Å². The van der Waals surface area contributed by atoms with E-state index < -0.39 is 0 Å². The van der Waals surface area contributed by atoms with Crippen LogP contribution in [0, 0.1) is 0 Å². The Bertz CT molecular complexity index is 523. The summed E-state index contributed by atoms with van der Waals surface area (Å²) in [6.45, 7) is 0. The maximum absolute atomic E-state index is 11.8. The van der Waals surface area contributed by atoms with Crippen LogP contribution in [-0.2, 0) is 9.53 Å². The number of carbonyl (C=O) groups is 1. The lowest BCUT2D eigenvalue weighted by atomic mass is 9.98. The zero-order valence-electron chi connectivity index (χ0n) is 8.71. The van der Waals surface area contributed by atoms with Crippen LogP contribution in [0.2, 0.25) is 0 Å². The van der Waals surface area contributed by atoms with Crippen molar-refractivity contribution >= 4 is 23.4 Å². The van der Waals surface area contributed by atoms with Gasteiger partial charge in [0, 0.05) is 5.57 Å². The van der Waals surface area contributed by atoms with Crippen molar-refractivity contribution in [2.75, 3.05) is 7.11 Å². The molecule has 1 amide bonds. The first-order valence-corrected chi connectivity index (χ1v) is 5.87. The molecule has 0 saturated carbocycles. The van der Waals surface area contributed by atoms with Crippen LogP contribution in [0.3, 0.4) is 0 Å². The quantitative estimate of drug-likeness (QED) is 0.643. The Kier molecular flexibility index (Phi) is 2.11. The summed E-state index contributed by atoms with van der Waals surface area (Å²) in [6, 6.07) is 0. The van der Waals surface area contributed by atoms with Crippen LogP contribution in [0.15, 0.2) is 47.2 Å². The van der Waals surface area contributed by atoms with Crippen molar-refractivity contribution in [1.29, 1.82) is 0 Å². The van der Waals surface area contributed by atoms with Gasteiger partial charge in [-0.05, 0) is 12.2 Å². The van der Waals surface area contributed by atoms with E-state index in [-0.39, 0.29) is 11.2 Å². The molecule has 0 aromatic heterocycles. The molecule has 3 nitrogen and oxygen atoms in total. The second-order valence-electron chi connectivity index (χ2n) is 3.62. The lowest BCUT2D eigenvalue weighted by molar-refractivity contribution is -0.378. The summed E-state index contributed by atoms with van der Waals surface area (Å²) in [6.07, 6.45) is 11.3. The monoisotopic (exact) mass is 232 g/mol. The van der Waals surface area contributed by atoms with Crippen molar-refractivity contribution in [2.24, 2.45) is 0 Å². The molecule has 0 fully saturated rings. The summed E-state index contributed by atoms with van der Waals surface area (Å²) in [7, 11) is 1.62. The summed E-state index contributed by atoms with van der Waals surface area (Å²) in [5.41, 5.74) is 2.15. The standard InChI is InChI=1S/C12H10NO2S/c1-15-11-7-13-10(14)6-5-8-3-2-4-9(16-11)12(8)13/h2-7,9H,1H3/q+1. The minimum Gasteiger partial charge on any atom is -0.486 e. The van der Waals surface area contributed by atoms with E-state index in [4.69, 9.17) is 4.74 Å². The fourth-order valence-electron chi connectivity index (χ4n) is 1.97. The predicted molar refractivity (Wildman–Crippen MR) is 63.1 cm³/mol. The van der Waals surface area contributed by atoms with Crippen molar-refractivity contribution in [3.8, 4) is 0 Å². The highest BCUT2D eigenvalue weighted by molar-refractivity contribution is 8.04. The van der Waals surface area contributed by atoms with Crippen molar-refractivity contribution in [2.45, 2.75) is 5.25 Å². The second-order valence-corrected chi connectivity index (χ2v) is 4.77. The number of hydrogen-bond acceptors (Lipinski definition) is 3. The van der Waals surface area contributed by atoms with E-state index in [0.717, 1.165) is 16.4 Å². The fraction of sp³-hybridized carbons (Fsp3) is 0.167. The summed E-state index contributed by atoms with van der Waals surface area (Å²) in [5, 5.41) is 0.942. The van der Waals surface area contributed by atoms with Crippen molar-refractivity contribution in [3.05, 3.63) is 47.2 Å². The summed E-state index contributed by atoms with van der Waals surface area (Å²) >= 11 is 1.62. The second kappa shape index (κ2) is 3.49. The van der Waals surface area contributed by atoms with Gasteiger partial charge in [0.25, 0.3) is 0 Å². The molecule has 2 aliphatic heterocycles. The van der Waals surface area contributed by atoms with Crippen LogP contribution >= 0.6 is 11.8 Å². The van der Waals surface area contributed by atoms with Gasteiger partial charge in [0.15, 0.2) is 0 Å². The minimum absolute atomic E-state index is 0.0118. The first-order chi connectivity index (χ1) is 7.79. The number of hydrogen-bond donors (Lipinski definition) is 0. The van der Waals surface area contributed by atoms with Crippen molar-refractivity contribution < 1.29 is 14.1 Å². The number of allylic oxidation sites excluding steroid dienone is 4. The maximum Gasteiger partial charge on any atom is 0.417 e. The molecule has 0 bridgehead atoms. The molecule has 0 N–H and O–H groups in total. The van der Waals surface area contributed by atoms with Gasteiger partial charge >= 0.3 is 5.91 Å². The van der Waals surface area contributed by atoms with E-state index in [0.29, 0.717) is 0 Å². The van der Waals surface area contributed by atoms with Gasteiger partial charge in [-0.1, -0.05) is 23.9 Å². The third-order valence-corrected chi connectivity index (χ3v) is 3.85. The van der Waals surface area contributed by atoms with E-state index in [2.05, 4.69) is 6.08 Å². The molecule has 2 heterocycles. The molecule has 0 radical (unpaired) electrons. The molecule has 3 rings (SSSR count). The molecular formula is C12H10NO2S+. The van der Waals surface area contributed by atoms with Gasteiger partial charge in [0.05, 0.1) is 13.2 Å². The van der Waals surface area contributed by atoms with E-state index in [1.54, 1.807) is 35.7 Å². The number of nitrogens with zero attached hydrogens (tertiary/aromatic N) is 1. The normalized spacial score (nSPS) is 26.3. The molecule has 80 valence electrons. The number of amides is 1. The molecule has 0 aromatic rings. The first kappa shape index (κ1) is 9.66. The minimum atomic E-state index is -0.0118. The third-order valence-electron chi connectivity index (χ3n) is 2.71. The Hall–Kier alpha value is -1.55. The van der Waals surface area contributed by atoms with Gasteiger partial charge in [0.1, 0.15) is 5.25 Å². The van der Waals surface area contributed by atoms with Crippen LogP contribution in [0.5, 0.6) is 0 Å². The highest BCUT2D eigenvalue weighted by Crippen LogP contribution is 2.33. The third kappa shape index (κ3) is 1.30. The van der Waals surface area contributed by atoms with Gasteiger partial charge in [-0.25, -0.2) is 4.79 Å². The topological polar surface area (TPSA) is 29.3 Å². The van der Waals surface area contributed by atoms with E-state index >= 15 is 0 Å². The fourth-order valence-corrected chi connectivity index (χ4v) is 3.01. The average molecular weight is 232 g/mol. The number of ether oxygens (including phenoxy) is 1. The Labute approximate surface area is 97.5 Å². The molecule has 1 unspecified atom stereocenters. The molecule has 1 atom stereocenters. The summed E-state index contributed by atoms with van der Waals surface area (Å²) in [4.78, 5) is 11.8. The smallest absolute Gasteiger partial charge is 0.417 e. The number of methoxy groups -OCH3 is 1. The number of rotatable bonds is 1. The Morgan fingerprint density at radius 1 is 1.44 bits per heavy atom. The average Bonchev–Trinajstić information content (AvgIpc) is 2.33. The largest absolute Gasteiger partial charge is 0.486 e. The lowest BCUT2D eigenvalue weighted by Gasteiger charge is -2.22. The van der Waals surface area contributed by atoms with Crippen LogP contribution in [-0.4, -0.2) is 28.6 Å². The zero-order chi connectivity index (χ0) is 11.1. The van der Waals surface area contributed by atoms with Crippen LogP contribution in [0.25, 0.3) is 0 Å². The van der Waals surface area contributed by atoms with E-state index in [1.807, 2.05) is 18.2 Å². The van der Waals surface area contributed by atoms with Crippen LogP contribution in [0.1, 0.15) is 0 Å². The lowest BCUT2D eigenvalue weighted by Crippen LogP contribution is -2.36.